The number of hydrogen-bond donors (Lipinski definition) is 0. The van der Waals surface area contributed by atoms with E-state index < -0.39 is 6.04 Å². The Labute approximate surface area is 167 Å². The molecule has 148 valence electrons. The fourth-order valence-electron chi connectivity index (χ4n) is 4.82. The molecule has 7 heteroatoms. The Hall–Kier alpha value is -3.22. The van der Waals surface area contributed by atoms with Gasteiger partial charge in [0, 0.05) is 37.3 Å². The first kappa shape index (κ1) is 17.8. The van der Waals surface area contributed by atoms with Gasteiger partial charge in [0.2, 0.25) is 5.91 Å². The number of hydrogen-bond acceptors (Lipinski definition) is 4. The van der Waals surface area contributed by atoms with E-state index in [1.807, 2.05) is 21.6 Å². The van der Waals surface area contributed by atoms with Crippen LogP contribution in [0, 0.1) is 5.92 Å². The van der Waals surface area contributed by atoms with Gasteiger partial charge in [-0.05, 0) is 37.5 Å². The minimum atomic E-state index is -0.628. The molecule has 2 bridgehead atoms. The number of carbonyl (C=O) groups is 1. The predicted molar refractivity (Wildman–Crippen MR) is 109 cm³/mol. The summed E-state index contributed by atoms with van der Waals surface area (Å²) in [4.78, 5) is 44.5. The van der Waals surface area contributed by atoms with E-state index in [-0.39, 0.29) is 28.9 Å². The van der Waals surface area contributed by atoms with E-state index in [1.54, 1.807) is 37.3 Å². The van der Waals surface area contributed by atoms with Crippen molar-refractivity contribution in [1.82, 2.24) is 19.0 Å². The molecule has 3 aromatic rings. The SMILES string of the molecule is CC(C(=O)N1CC2CC(C1)c1cccc(=O)n1C2)n1cnc2ccccc2c1=O. The van der Waals surface area contributed by atoms with Gasteiger partial charge in [-0.1, -0.05) is 18.2 Å². The topological polar surface area (TPSA) is 77.2 Å². The Kier molecular flexibility index (Phi) is 4.12. The molecule has 1 fully saturated rings. The van der Waals surface area contributed by atoms with Gasteiger partial charge in [0.15, 0.2) is 0 Å². The molecule has 3 atom stereocenters. The van der Waals surface area contributed by atoms with E-state index in [9.17, 15) is 14.4 Å². The van der Waals surface area contributed by atoms with Crippen molar-refractivity contribution in [1.29, 1.82) is 0 Å². The second-order valence-electron chi connectivity index (χ2n) is 8.09. The first-order chi connectivity index (χ1) is 14.0. The summed E-state index contributed by atoms with van der Waals surface area (Å²) in [5.41, 5.74) is 1.45. The van der Waals surface area contributed by atoms with Gasteiger partial charge in [0.25, 0.3) is 11.1 Å². The van der Waals surface area contributed by atoms with Crippen LogP contribution in [0.25, 0.3) is 10.9 Å². The van der Waals surface area contributed by atoms with Gasteiger partial charge in [-0.2, -0.15) is 0 Å². The third-order valence-corrected chi connectivity index (χ3v) is 6.26. The molecule has 1 aromatic carbocycles. The maximum Gasteiger partial charge on any atom is 0.261 e. The molecule has 0 aliphatic carbocycles. The van der Waals surface area contributed by atoms with E-state index in [0.717, 1.165) is 12.1 Å². The predicted octanol–water partition coefficient (Wildman–Crippen LogP) is 1.77. The van der Waals surface area contributed by atoms with Gasteiger partial charge in [0.05, 0.1) is 17.2 Å². The molecule has 0 radical (unpaired) electrons. The number of pyridine rings is 1. The molecule has 7 nitrogen and oxygen atoms in total. The van der Waals surface area contributed by atoms with Crippen molar-refractivity contribution in [3.8, 4) is 0 Å². The second-order valence-corrected chi connectivity index (χ2v) is 8.09. The normalized spacial score (nSPS) is 21.6. The lowest BCUT2D eigenvalue weighted by Crippen LogP contribution is -2.51. The van der Waals surface area contributed by atoms with Gasteiger partial charge in [-0.25, -0.2) is 4.98 Å². The lowest BCUT2D eigenvalue weighted by atomic mass is 9.83. The number of para-hydroxylation sites is 1. The molecule has 1 saturated heterocycles. The number of rotatable bonds is 2. The number of carbonyl (C=O) groups excluding carboxylic acids is 1. The minimum Gasteiger partial charge on any atom is -0.340 e. The minimum absolute atomic E-state index is 0.0270. The number of piperidine rings is 1. The molecule has 0 spiro atoms. The smallest absolute Gasteiger partial charge is 0.261 e. The first-order valence-corrected chi connectivity index (χ1v) is 9.97. The molecule has 0 N–H and O–H groups in total. The van der Waals surface area contributed by atoms with Crippen molar-refractivity contribution in [2.24, 2.45) is 5.92 Å². The van der Waals surface area contributed by atoms with Crippen molar-refractivity contribution >= 4 is 16.8 Å². The molecule has 4 heterocycles. The van der Waals surface area contributed by atoms with E-state index in [2.05, 4.69) is 4.98 Å². The van der Waals surface area contributed by atoms with E-state index in [4.69, 9.17) is 0 Å². The molecule has 3 unspecified atom stereocenters. The molecular weight excluding hydrogens is 368 g/mol. The van der Waals surface area contributed by atoms with Crippen LogP contribution in [0.1, 0.15) is 31.0 Å². The molecule has 5 rings (SSSR count). The molecule has 1 amide bonds. The number of likely N-dealkylation sites (tertiary alicyclic amines) is 1. The standard InChI is InChI=1S/C22H22N4O3/c1-14(26-13-23-18-6-3-2-5-17(18)22(26)29)21(28)24-10-15-9-16(12-24)19-7-4-8-20(27)25(19)11-15/h2-8,13-16H,9-12H2,1H3. The fraction of sp³-hybridized carbons (Fsp3) is 0.364. The summed E-state index contributed by atoms with van der Waals surface area (Å²) in [6.07, 6.45) is 2.45. The fourth-order valence-corrected chi connectivity index (χ4v) is 4.82. The average molecular weight is 390 g/mol. The van der Waals surface area contributed by atoms with Gasteiger partial charge in [-0.15, -0.1) is 0 Å². The van der Waals surface area contributed by atoms with E-state index in [1.165, 1.54) is 10.9 Å². The highest BCUT2D eigenvalue weighted by atomic mass is 16.2. The Morgan fingerprint density at radius 3 is 2.76 bits per heavy atom. The number of amides is 1. The molecule has 2 aromatic heterocycles. The van der Waals surface area contributed by atoms with Crippen LogP contribution in [-0.2, 0) is 11.3 Å². The van der Waals surface area contributed by atoms with Gasteiger partial charge in [0.1, 0.15) is 6.04 Å². The van der Waals surface area contributed by atoms with E-state index in [0.29, 0.717) is 30.5 Å². The highest BCUT2D eigenvalue weighted by Crippen LogP contribution is 2.35. The highest BCUT2D eigenvalue weighted by Gasteiger charge is 2.37. The zero-order valence-corrected chi connectivity index (χ0v) is 16.2. The lowest BCUT2D eigenvalue weighted by molar-refractivity contribution is -0.137. The number of fused-ring (bicyclic) bond motifs is 5. The lowest BCUT2D eigenvalue weighted by Gasteiger charge is -2.43. The largest absolute Gasteiger partial charge is 0.340 e. The molecule has 29 heavy (non-hydrogen) atoms. The van der Waals surface area contributed by atoms with Crippen LogP contribution < -0.4 is 11.1 Å². The summed E-state index contributed by atoms with van der Waals surface area (Å²) in [5, 5.41) is 0.512. The van der Waals surface area contributed by atoms with Crippen molar-refractivity contribution in [3.05, 3.63) is 75.2 Å². The first-order valence-electron chi connectivity index (χ1n) is 9.97. The van der Waals surface area contributed by atoms with Crippen LogP contribution in [0.2, 0.25) is 0 Å². The monoisotopic (exact) mass is 390 g/mol. The summed E-state index contributed by atoms with van der Waals surface area (Å²) >= 11 is 0. The molecule has 2 aliphatic heterocycles. The summed E-state index contributed by atoms with van der Waals surface area (Å²) < 4.78 is 3.27. The van der Waals surface area contributed by atoms with Crippen LogP contribution in [0.3, 0.4) is 0 Å². The Bertz CT molecular complexity index is 1230. The maximum absolute atomic E-state index is 13.3. The van der Waals surface area contributed by atoms with Gasteiger partial charge in [-0.3, -0.25) is 19.0 Å². The van der Waals surface area contributed by atoms with Crippen molar-refractivity contribution in [2.75, 3.05) is 13.1 Å². The summed E-state index contributed by atoms with van der Waals surface area (Å²) in [6.45, 7) is 3.57. The van der Waals surface area contributed by atoms with Crippen LogP contribution >= 0.6 is 0 Å². The Morgan fingerprint density at radius 1 is 1.07 bits per heavy atom. The van der Waals surface area contributed by atoms with Crippen LogP contribution in [0.4, 0.5) is 0 Å². The summed E-state index contributed by atoms with van der Waals surface area (Å²) in [6, 6.07) is 11.9. The summed E-state index contributed by atoms with van der Waals surface area (Å²) in [7, 11) is 0. The van der Waals surface area contributed by atoms with Crippen LogP contribution in [0.15, 0.2) is 58.4 Å². The van der Waals surface area contributed by atoms with Crippen molar-refractivity contribution < 1.29 is 4.79 Å². The van der Waals surface area contributed by atoms with Crippen LogP contribution in [-0.4, -0.2) is 38.0 Å². The Morgan fingerprint density at radius 2 is 1.90 bits per heavy atom. The number of nitrogens with zero attached hydrogens (tertiary/aromatic N) is 4. The zero-order chi connectivity index (χ0) is 20.1. The molecule has 0 saturated carbocycles. The Balaban J connectivity index is 1.44. The quantitative estimate of drug-likeness (QED) is 0.668. The molecular formula is C22H22N4O3. The van der Waals surface area contributed by atoms with Crippen LogP contribution in [0.5, 0.6) is 0 Å². The second kappa shape index (κ2) is 6.69. The molecule has 2 aliphatic rings. The van der Waals surface area contributed by atoms with E-state index >= 15 is 0 Å². The third kappa shape index (κ3) is 2.88. The average Bonchev–Trinajstić information content (AvgIpc) is 2.74. The maximum atomic E-state index is 13.3. The zero-order valence-electron chi connectivity index (χ0n) is 16.2. The summed E-state index contributed by atoms with van der Waals surface area (Å²) in [5.74, 6) is 0.327. The van der Waals surface area contributed by atoms with Crippen molar-refractivity contribution in [3.63, 3.8) is 0 Å². The van der Waals surface area contributed by atoms with Gasteiger partial charge < -0.3 is 9.47 Å². The number of aromatic nitrogens is 3. The van der Waals surface area contributed by atoms with Crippen molar-refractivity contribution in [2.45, 2.75) is 31.8 Å². The third-order valence-electron chi connectivity index (χ3n) is 6.26. The number of benzene rings is 1. The van der Waals surface area contributed by atoms with Gasteiger partial charge >= 0.3 is 0 Å². The highest BCUT2D eigenvalue weighted by molar-refractivity contribution is 5.81.